The number of hydrogen-bond donors (Lipinski definition) is 1. The molecule has 1 aliphatic rings. The van der Waals surface area contributed by atoms with Crippen LogP contribution in [0.3, 0.4) is 0 Å². The highest BCUT2D eigenvalue weighted by molar-refractivity contribution is 7.99. The molecule has 2 rings (SSSR count). The molecule has 4 nitrogen and oxygen atoms in total. The molecule has 1 aromatic rings. The van der Waals surface area contributed by atoms with Crippen LogP contribution in [0.15, 0.2) is 12.4 Å². The Morgan fingerprint density at radius 1 is 1.65 bits per heavy atom. The number of nitrogens with one attached hydrogen (secondary N) is 1. The summed E-state index contributed by atoms with van der Waals surface area (Å²) in [5.74, 6) is 3.66. The number of rotatable bonds is 5. The van der Waals surface area contributed by atoms with Crippen LogP contribution in [-0.2, 0) is 13.6 Å². The van der Waals surface area contributed by atoms with Crippen LogP contribution in [0.1, 0.15) is 12.2 Å². The summed E-state index contributed by atoms with van der Waals surface area (Å²) in [6, 6.07) is 0.692. The van der Waals surface area contributed by atoms with Crippen molar-refractivity contribution in [3.8, 4) is 0 Å². The second kappa shape index (κ2) is 6.42. The quantitative estimate of drug-likeness (QED) is 0.848. The van der Waals surface area contributed by atoms with Crippen LogP contribution >= 0.6 is 11.8 Å². The van der Waals surface area contributed by atoms with E-state index >= 15 is 0 Å². The van der Waals surface area contributed by atoms with E-state index < -0.39 is 0 Å². The van der Waals surface area contributed by atoms with E-state index in [-0.39, 0.29) is 0 Å². The number of hydrogen-bond acceptors (Lipinski definition) is 4. The molecule has 0 radical (unpaired) electrons. The second-order valence-electron chi connectivity index (χ2n) is 4.71. The van der Waals surface area contributed by atoms with Gasteiger partial charge >= 0.3 is 0 Å². The summed E-state index contributed by atoms with van der Waals surface area (Å²) in [6.07, 6.45) is 5.10. The summed E-state index contributed by atoms with van der Waals surface area (Å²) >= 11 is 2.07. The highest BCUT2D eigenvalue weighted by Gasteiger charge is 2.13. The van der Waals surface area contributed by atoms with E-state index in [9.17, 15) is 0 Å². The van der Waals surface area contributed by atoms with Gasteiger partial charge in [-0.25, -0.2) is 4.98 Å². The molecule has 0 spiro atoms. The molecule has 96 valence electrons. The van der Waals surface area contributed by atoms with Crippen molar-refractivity contribution < 1.29 is 0 Å². The molecule has 0 aromatic carbocycles. The molecular weight excluding hydrogens is 232 g/mol. The first-order chi connectivity index (χ1) is 8.25. The largest absolute Gasteiger partial charge is 0.337 e. The lowest BCUT2D eigenvalue weighted by Gasteiger charge is -2.25. The third kappa shape index (κ3) is 4.01. The highest BCUT2D eigenvalue weighted by Crippen LogP contribution is 2.11. The summed E-state index contributed by atoms with van der Waals surface area (Å²) in [6.45, 7) is 3.23. The molecule has 1 N–H and O–H groups in total. The highest BCUT2D eigenvalue weighted by atomic mass is 32.2. The van der Waals surface area contributed by atoms with Crippen LogP contribution in [0, 0.1) is 0 Å². The molecule has 1 fully saturated rings. The van der Waals surface area contributed by atoms with Crippen LogP contribution in [0.5, 0.6) is 0 Å². The Morgan fingerprint density at radius 2 is 2.53 bits per heavy atom. The minimum Gasteiger partial charge on any atom is -0.337 e. The third-order valence-corrected chi connectivity index (χ3v) is 4.32. The number of aromatic nitrogens is 2. The van der Waals surface area contributed by atoms with E-state index in [1.807, 2.05) is 12.4 Å². The van der Waals surface area contributed by atoms with Crippen molar-refractivity contribution in [1.29, 1.82) is 0 Å². The van der Waals surface area contributed by atoms with Crippen molar-refractivity contribution in [3.63, 3.8) is 0 Å². The zero-order valence-electron chi connectivity index (χ0n) is 10.7. The lowest BCUT2D eigenvalue weighted by atomic mass is 10.2. The molecule has 1 aliphatic heterocycles. The first-order valence-electron chi connectivity index (χ1n) is 6.21. The zero-order chi connectivity index (χ0) is 12.1. The molecule has 0 amide bonds. The fourth-order valence-electron chi connectivity index (χ4n) is 2.05. The van der Waals surface area contributed by atoms with Crippen molar-refractivity contribution >= 4 is 11.8 Å². The van der Waals surface area contributed by atoms with Gasteiger partial charge in [0.05, 0.1) is 6.54 Å². The van der Waals surface area contributed by atoms with Crippen molar-refractivity contribution in [2.24, 2.45) is 7.05 Å². The van der Waals surface area contributed by atoms with Crippen LogP contribution in [0.25, 0.3) is 0 Å². The molecule has 1 unspecified atom stereocenters. The molecule has 2 heterocycles. The minimum absolute atomic E-state index is 0.692. The SMILES string of the molecule is CN(CCC1CSCCN1)Cc1nccn1C. The summed E-state index contributed by atoms with van der Waals surface area (Å²) in [5.41, 5.74) is 0. The van der Waals surface area contributed by atoms with Gasteiger partial charge in [0, 0.05) is 43.5 Å². The number of aryl methyl sites for hydroxylation is 1. The number of imidazole rings is 1. The van der Waals surface area contributed by atoms with Gasteiger partial charge in [0.15, 0.2) is 0 Å². The van der Waals surface area contributed by atoms with Crippen molar-refractivity contribution in [1.82, 2.24) is 19.8 Å². The first kappa shape index (κ1) is 12.9. The first-order valence-corrected chi connectivity index (χ1v) is 7.37. The minimum atomic E-state index is 0.692. The fourth-order valence-corrected chi connectivity index (χ4v) is 3.05. The Morgan fingerprint density at radius 3 is 3.18 bits per heavy atom. The van der Waals surface area contributed by atoms with Gasteiger partial charge in [-0.05, 0) is 20.0 Å². The molecule has 5 heteroatoms. The average molecular weight is 254 g/mol. The van der Waals surface area contributed by atoms with Gasteiger partial charge in [-0.15, -0.1) is 0 Å². The van der Waals surface area contributed by atoms with Gasteiger partial charge in [0.25, 0.3) is 0 Å². The number of nitrogens with zero attached hydrogens (tertiary/aromatic N) is 3. The summed E-state index contributed by atoms with van der Waals surface area (Å²) < 4.78 is 2.09. The monoisotopic (exact) mass is 254 g/mol. The Hall–Kier alpha value is -0.520. The maximum Gasteiger partial charge on any atom is 0.122 e. The van der Waals surface area contributed by atoms with Gasteiger partial charge in [-0.1, -0.05) is 0 Å². The van der Waals surface area contributed by atoms with Crippen molar-refractivity contribution in [2.75, 3.05) is 31.6 Å². The zero-order valence-corrected chi connectivity index (χ0v) is 11.5. The predicted octanol–water partition coefficient (Wildman–Crippen LogP) is 0.947. The van der Waals surface area contributed by atoms with Gasteiger partial charge in [-0.2, -0.15) is 11.8 Å². The molecule has 0 saturated carbocycles. The molecular formula is C12H22N4S. The Bertz CT molecular complexity index is 333. The fraction of sp³-hybridized carbons (Fsp3) is 0.750. The second-order valence-corrected chi connectivity index (χ2v) is 5.86. The van der Waals surface area contributed by atoms with E-state index in [4.69, 9.17) is 0 Å². The van der Waals surface area contributed by atoms with Gasteiger partial charge in [-0.3, -0.25) is 4.90 Å². The van der Waals surface area contributed by atoms with Gasteiger partial charge in [0.1, 0.15) is 5.82 Å². The summed E-state index contributed by atoms with van der Waals surface area (Å²) in [4.78, 5) is 6.70. The molecule has 0 aliphatic carbocycles. The van der Waals surface area contributed by atoms with E-state index in [1.165, 1.54) is 24.5 Å². The number of thioether (sulfide) groups is 1. The Balaban J connectivity index is 1.70. The molecule has 1 aromatic heterocycles. The van der Waals surface area contributed by atoms with E-state index in [1.54, 1.807) is 0 Å². The lowest BCUT2D eigenvalue weighted by Crippen LogP contribution is -2.39. The van der Waals surface area contributed by atoms with Gasteiger partial charge < -0.3 is 9.88 Å². The Kier molecular flexibility index (Phi) is 4.88. The maximum atomic E-state index is 4.35. The Labute approximate surface area is 108 Å². The molecule has 1 atom stereocenters. The van der Waals surface area contributed by atoms with Crippen LogP contribution in [0.4, 0.5) is 0 Å². The summed E-state index contributed by atoms with van der Waals surface area (Å²) in [7, 11) is 4.22. The van der Waals surface area contributed by atoms with E-state index in [2.05, 4.69) is 45.6 Å². The topological polar surface area (TPSA) is 33.1 Å². The standard InChI is InChI=1S/C12H22N4S/c1-15(9-12-14-4-7-16(12)2)6-3-11-10-17-8-5-13-11/h4,7,11,13H,3,5-6,8-10H2,1-2H3. The van der Waals surface area contributed by atoms with E-state index in [0.29, 0.717) is 6.04 Å². The smallest absolute Gasteiger partial charge is 0.122 e. The molecule has 0 bridgehead atoms. The van der Waals surface area contributed by atoms with E-state index in [0.717, 1.165) is 18.9 Å². The van der Waals surface area contributed by atoms with Crippen molar-refractivity contribution in [2.45, 2.75) is 19.0 Å². The van der Waals surface area contributed by atoms with Crippen LogP contribution < -0.4 is 5.32 Å². The maximum absolute atomic E-state index is 4.35. The average Bonchev–Trinajstić information content (AvgIpc) is 2.74. The van der Waals surface area contributed by atoms with Crippen LogP contribution in [0.2, 0.25) is 0 Å². The normalized spacial score (nSPS) is 21.0. The molecule has 1 saturated heterocycles. The third-order valence-electron chi connectivity index (χ3n) is 3.19. The summed E-state index contributed by atoms with van der Waals surface area (Å²) in [5, 5.41) is 3.58. The molecule has 17 heavy (non-hydrogen) atoms. The van der Waals surface area contributed by atoms with Crippen molar-refractivity contribution in [3.05, 3.63) is 18.2 Å². The predicted molar refractivity (Wildman–Crippen MR) is 73.3 cm³/mol. The lowest BCUT2D eigenvalue weighted by molar-refractivity contribution is 0.295. The van der Waals surface area contributed by atoms with Gasteiger partial charge in [0.2, 0.25) is 0 Å². The van der Waals surface area contributed by atoms with Crippen LogP contribution in [-0.4, -0.2) is 52.1 Å².